The standard InChI is InChI=1S/C9H13NS/c1-9(10)4-2-8-7(6-9)3-5-11-8/h3,5H,2,4,6,10H2,1H3. The van der Waals surface area contributed by atoms with E-state index in [1.54, 1.807) is 4.88 Å². The minimum Gasteiger partial charge on any atom is -0.325 e. The molecule has 1 aromatic rings. The molecule has 0 fully saturated rings. The molecule has 0 saturated carbocycles. The van der Waals surface area contributed by atoms with E-state index in [0.29, 0.717) is 0 Å². The van der Waals surface area contributed by atoms with Crippen molar-refractivity contribution in [1.82, 2.24) is 0 Å². The maximum atomic E-state index is 6.06. The number of fused-ring (bicyclic) bond motifs is 1. The monoisotopic (exact) mass is 167 g/mol. The van der Waals surface area contributed by atoms with Gasteiger partial charge >= 0.3 is 0 Å². The molecular formula is C9H13NS. The summed E-state index contributed by atoms with van der Waals surface area (Å²) >= 11 is 1.87. The van der Waals surface area contributed by atoms with E-state index in [4.69, 9.17) is 5.73 Å². The largest absolute Gasteiger partial charge is 0.325 e. The molecule has 11 heavy (non-hydrogen) atoms. The average Bonchev–Trinajstić information content (AvgIpc) is 2.31. The quantitative estimate of drug-likeness (QED) is 0.628. The summed E-state index contributed by atoms with van der Waals surface area (Å²) in [6.45, 7) is 2.15. The molecule has 1 unspecified atom stereocenters. The Morgan fingerprint density at radius 2 is 2.45 bits per heavy atom. The van der Waals surface area contributed by atoms with Gasteiger partial charge in [0.25, 0.3) is 0 Å². The molecule has 0 aromatic carbocycles. The van der Waals surface area contributed by atoms with Crippen LogP contribution in [0.15, 0.2) is 11.4 Å². The summed E-state index contributed by atoms with van der Waals surface area (Å²) in [5, 5.41) is 2.17. The Bertz CT molecular complexity index is 262. The zero-order chi connectivity index (χ0) is 7.90. The van der Waals surface area contributed by atoms with Gasteiger partial charge in [0.1, 0.15) is 0 Å². The summed E-state index contributed by atoms with van der Waals surface area (Å²) in [5.74, 6) is 0. The Morgan fingerprint density at radius 3 is 3.27 bits per heavy atom. The topological polar surface area (TPSA) is 26.0 Å². The molecule has 1 heterocycles. The molecule has 0 spiro atoms. The van der Waals surface area contributed by atoms with Crippen LogP contribution in [0.25, 0.3) is 0 Å². The van der Waals surface area contributed by atoms with Crippen molar-refractivity contribution >= 4 is 11.3 Å². The van der Waals surface area contributed by atoms with Crippen LogP contribution in [0.4, 0.5) is 0 Å². The van der Waals surface area contributed by atoms with E-state index in [0.717, 1.165) is 12.8 Å². The van der Waals surface area contributed by atoms with E-state index in [9.17, 15) is 0 Å². The van der Waals surface area contributed by atoms with E-state index in [2.05, 4.69) is 18.4 Å². The molecule has 2 rings (SSSR count). The number of nitrogens with two attached hydrogens (primary N) is 1. The van der Waals surface area contributed by atoms with Crippen LogP contribution in [-0.2, 0) is 12.8 Å². The van der Waals surface area contributed by atoms with Crippen molar-refractivity contribution in [2.75, 3.05) is 0 Å². The van der Waals surface area contributed by atoms with Gasteiger partial charge in [-0.1, -0.05) is 0 Å². The van der Waals surface area contributed by atoms with Gasteiger partial charge in [0.2, 0.25) is 0 Å². The minimum absolute atomic E-state index is 0.0497. The van der Waals surface area contributed by atoms with Crippen molar-refractivity contribution in [2.45, 2.75) is 31.7 Å². The minimum atomic E-state index is 0.0497. The second kappa shape index (κ2) is 2.32. The van der Waals surface area contributed by atoms with Crippen molar-refractivity contribution < 1.29 is 0 Å². The molecule has 1 nitrogen and oxygen atoms in total. The Hall–Kier alpha value is -0.340. The summed E-state index contributed by atoms with van der Waals surface area (Å²) in [7, 11) is 0. The second-order valence-electron chi connectivity index (χ2n) is 3.70. The number of hydrogen-bond acceptors (Lipinski definition) is 2. The summed E-state index contributed by atoms with van der Waals surface area (Å²) in [6.07, 6.45) is 3.38. The van der Waals surface area contributed by atoms with Crippen LogP contribution in [0.5, 0.6) is 0 Å². The summed E-state index contributed by atoms with van der Waals surface area (Å²) in [6, 6.07) is 2.21. The highest BCUT2D eigenvalue weighted by Gasteiger charge is 2.25. The van der Waals surface area contributed by atoms with Gasteiger partial charge in [0.15, 0.2) is 0 Å². The first kappa shape index (κ1) is 7.32. The van der Waals surface area contributed by atoms with Crippen LogP contribution in [0, 0.1) is 0 Å². The number of thiophene rings is 1. The highest BCUT2D eigenvalue weighted by atomic mass is 32.1. The third-order valence-electron chi connectivity index (χ3n) is 2.36. The van der Waals surface area contributed by atoms with Gasteiger partial charge in [-0.2, -0.15) is 0 Å². The molecule has 0 saturated heterocycles. The Labute approximate surface area is 71.2 Å². The Balaban J connectivity index is 2.32. The summed E-state index contributed by atoms with van der Waals surface area (Å²) in [4.78, 5) is 1.55. The van der Waals surface area contributed by atoms with Gasteiger partial charge in [-0.05, 0) is 43.2 Å². The maximum Gasteiger partial charge on any atom is 0.0170 e. The van der Waals surface area contributed by atoms with Crippen LogP contribution in [0.2, 0.25) is 0 Å². The number of rotatable bonds is 0. The molecule has 2 heteroatoms. The van der Waals surface area contributed by atoms with Gasteiger partial charge in [0, 0.05) is 10.4 Å². The van der Waals surface area contributed by atoms with Crippen molar-refractivity contribution in [3.8, 4) is 0 Å². The van der Waals surface area contributed by atoms with Crippen LogP contribution in [0.1, 0.15) is 23.8 Å². The van der Waals surface area contributed by atoms with Crippen molar-refractivity contribution in [3.63, 3.8) is 0 Å². The smallest absolute Gasteiger partial charge is 0.0170 e. The number of aryl methyl sites for hydroxylation is 1. The fraction of sp³-hybridized carbons (Fsp3) is 0.556. The van der Waals surface area contributed by atoms with Crippen LogP contribution in [0.3, 0.4) is 0 Å². The lowest BCUT2D eigenvalue weighted by Gasteiger charge is -2.29. The van der Waals surface area contributed by atoms with E-state index >= 15 is 0 Å². The maximum absolute atomic E-state index is 6.06. The average molecular weight is 167 g/mol. The molecule has 2 N–H and O–H groups in total. The zero-order valence-electron chi connectivity index (χ0n) is 6.76. The Kier molecular flexibility index (Phi) is 1.55. The molecule has 1 aromatic heterocycles. The van der Waals surface area contributed by atoms with Crippen molar-refractivity contribution in [2.24, 2.45) is 5.73 Å². The van der Waals surface area contributed by atoms with Gasteiger partial charge in [-0.3, -0.25) is 0 Å². The molecule has 0 radical (unpaired) electrons. The molecular weight excluding hydrogens is 154 g/mol. The highest BCUT2D eigenvalue weighted by molar-refractivity contribution is 7.10. The third-order valence-corrected chi connectivity index (χ3v) is 3.38. The van der Waals surface area contributed by atoms with Gasteiger partial charge < -0.3 is 5.73 Å². The molecule has 0 bridgehead atoms. The normalized spacial score (nSPS) is 30.0. The van der Waals surface area contributed by atoms with Crippen LogP contribution < -0.4 is 5.73 Å². The predicted molar refractivity (Wildman–Crippen MR) is 48.9 cm³/mol. The number of hydrogen-bond donors (Lipinski definition) is 1. The molecule has 1 aliphatic carbocycles. The molecule has 1 atom stereocenters. The van der Waals surface area contributed by atoms with E-state index in [1.807, 2.05) is 11.3 Å². The predicted octanol–water partition coefficient (Wildman–Crippen LogP) is 1.95. The van der Waals surface area contributed by atoms with Gasteiger partial charge in [-0.15, -0.1) is 11.3 Å². The molecule has 0 aliphatic heterocycles. The lowest BCUT2D eigenvalue weighted by molar-refractivity contribution is 0.412. The van der Waals surface area contributed by atoms with E-state index in [-0.39, 0.29) is 5.54 Å². The lowest BCUT2D eigenvalue weighted by atomic mass is 9.84. The van der Waals surface area contributed by atoms with Crippen LogP contribution in [-0.4, -0.2) is 5.54 Å². The first-order valence-electron chi connectivity index (χ1n) is 4.01. The second-order valence-corrected chi connectivity index (χ2v) is 4.70. The Morgan fingerprint density at radius 1 is 1.64 bits per heavy atom. The summed E-state index contributed by atoms with van der Waals surface area (Å²) < 4.78 is 0. The zero-order valence-corrected chi connectivity index (χ0v) is 7.58. The van der Waals surface area contributed by atoms with Crippen molar-refractivity contribution in [3.05, 3.63) is 21.9 Å². The van der Waals surface area contributed by atoms with Gasteiger partial charge in [-0.25, -0.2) is 0 Å². The van der Waals surface area contributed by atoms with Crippen molar-refractivity contribution in [1.29, 1.82) is 0 Å². The fourth-order valence-corrected chi connectivity index (χ4v) is 2.57. The van der Waals surface area contributed by atoms with Gasteiger partial charge in [0.05, 0.1) is 0 Å². The summed E-state index contributed by atoms with van der Waals surface area (Å²) in [5.41, 5.74) is 7.58. The first-order valence-corrected chi connectivity index (χ1v) is 4.89. The fourth-order valence-electron chi connectivity index (χ4n) is 1.67. The SMILES string of the molecule is CC1(N)CCc2sccc2C1. The molecule has 0 amide bonds. The highest BCUT2D eigenvalue weighted by Crippen LogP contribution is 2.30. The lowest BCUT2D eigenvalue weighted by Crippen LogP contribution is -2.41. The van der Waals surface area contributed by atoms with E-state index in [1.165, 1.54) is 12.0 Å². The third kappa shape index (κ3) is 1.33. The first-order chi connectivity index (χ1) is 5.17. The van der Waals surface area contributed by atoms with E-state index < -0.39 is 0 Å². The molecule has 60 valence electrons. The van der Waals surface area contributed by atoms with Crippen LogP contribution >= 0.6 is 11.3 Å². The molecule has 1 aliphatic rings.